The van der Waals surface area contributed by atoms with Gasteiger partial charge < -0.3 is 16.0 Å². The molecule has 0 saturated carbocycles. The molecule has 1 aromatic carbocycles. The molecule has 0 radical (unpaired) electrons. The summed E-state index contributed by atoms with van der Waals surface area (Å²) in [6.45, 7) is 2.36. The quantitative estimate of drug-likeness (QED) is 0.313. The summed E-state index contributed by atoms with van der Waals surface area (Å²) < 4.78 is 13.2. The van der Waals surface area contributed by atoms with Gasteiger partial charge in [-0.2, -0.15) is 0 Å². The van der Waals surface area contributed by atoms with E-state index < -0.39 is 5.82 Å². The maximum absolute atomic E-state index is 13.2. The van der Waals surface area contributed by atoms with Crippen molar-refractivity contribution in [2.24, 2.45) is 10.9 Å². The van der Waals surface area contributed by atoms with E-state index in [2.05, 4.69) is 5.16 Å². The normalized spacial score (nSPS) is 13.9. The third kappa shape index (κ3) is 3.41. The van der Waals surface area contributed by atoms with Crippen LogP contribution in [0.15, 0.2) is 23.4 Å². The van der Waals surface area contributed by atoms with E-state index in [1.165, 1.54) is 12.1 Å². The molecule has 4 N–H and O–H groups in total. The summed E-state index contributed by atoms with van der Waals surface area (Å²) in [5.41, 5.74) is 6.60. The molecule has 1 unspecified atom stereocenters. The smallest absolute Gasteiger partial charge is 0.170 e. The first-order chi connectivity index (χ1) is 8.49. The Morgan fingerprint density at radius 2 is 2.22 bits per heavy atom. The number of amidine groups is 1. The van der Waals surface area contributed by atoms with Crippen molar-refractivity contribution in [3.05, 3.63) is 35.1 Å². The first-order valence-electron chi connectivity index (χ1n) is 5.57. The lowest BCUT2D eigenvalue weighted by Crippen LogP contribution is -2.32. The van der Waals surface area contributed by atoms with Gasteiger partial charge in [0.05, 0.1) is 6.61 Å². The fourth-order valence-corrected chi connectivity index (χ4v) is 1.54. The van der Waals surface area contributed by atoms with Gasteiger partial charge in [0.1, 0.15) is 5.82 Å². The van der Waals surface area contributed by atoms with Gasteiger partial charge in [0.2, 0.25) is 0 Å². The van der Waals surface area contributed by atoms with Crippen molar-refractivity contribution >= 4 is 5.84 Å². The number of benzene rings is 1. The van der Waals surface area contributed by atoms with E-state index >= 15 is 0 Å². The van der Waals surface area contributed by atoms with Crippen LogP contribution in [0.2, 0.25) is 0 Å². The number of aliphatic hydroxyl groups is 1. The van der Waals surface area contributed by atoms with Crippen molar-refractivity contribution < 1.29 is 14.7 Å². The summed E-state index contributed by atoms with van der Waals surface area (Å²) in [7, 11) is 1.83. The van der Waals surface area contributed by atoms with Crippen LogP contribution in [-0.2, 0) is 6.54 Å². The predicted octanol–water partition coefficient (Wildman–Crippen LogP) is 0.733. The van der Waals surface area contributed by atoms with Crippen LogP contribution in [0.3, 0.4) is 0 Å². The van der Waals surface area contributed by atoms with E-state index in [0.717, 1.165) is 5.56 Å². The summed E-state index contributed by atoms with van der Waals surface area (Å²) in [5.74, 6) is -0.576. The Morgan fingerprint density at radius 1 is 1.56 bits per heavy atom. The third-order valence-corrected chi connectivity index (χ3v) is 2.89. The Balaban J connectivity index is 3.02. The second kappa shape index (κ2) is 6.32. The Kier molecular flexibility index (Phi) is 5.06. The Bertz CT molecular complexity index is 437. The Hall–Kier alpha value is -1.66. The van der Waals surface area contributed by atoms with Gasteiger partial charge in [-0.25, -0.2) is 4.39 Å². The van der Waals surface area contributed by atoms with Crippen LogP contribution in [0.25, 0.3) is 0 Å². The molecule has 6 heteroatoms. The number of hydrogen-bond acceptors (Lipinski definition) is 4. The number of halogens is 1. The summed E-state index contributed by atoms with van der Waals surface area (Å²) in [4.78, 5) is 1.89. The highest BCUT2D eigenvalue weighted by atomic mass is 19.1. The van der Waals surface area contributed by atoms with Gasteiger partial charge in [-0.05, 0) is 31.7 Å². The molecular weight excluding hydrogens is 237 g/mol. The van der Waals surface area contributed by atoms with E-state index in [-0.39, 0.29) is 18.5 Å². The van der Waals surface area contributed by atoms with Crippen LogP contribution in [0.5, 0.6) is 0 Å². The summed E-state index contributed by atoms with van der Waals surface area (Å²) in [6.07, 6.45) is 0. The lowest BCUT2D eigenvalue weighted by Gasteiger charge is -2.23. The highest BCUT2D eigenvalue weighted by molar-refractivity contribution is 5.98. The molecule has 0 spiro atoms. The predicted molar refractivity (Wildman–Crippen MR) is 66.9 cm³/mol. The SMILES string of the molecule is CC(CO)N(C)Cc1ccc(F)cc1/C(N)=N/O. The minimum atomic E-state index is -0.446. The molecule has 0 aliphatic rings. The van der Waals surface area contributed by atoms with E-state index in [9.17, 15) is 4.39 Å². The molecular formula is C12H18FN3O2. The molecule has 1 aromatic rings. The molecule has 0 aromatic heterocycles. The lowest BCUT2D eigenvalue weighted by molar-refractivity contribution is 0.154. The van der Waals surface area contributed by atoms with Crippen molar-refractivity contribution in [1.29, 1.82) is 0 Å². The molecule has 0 bridgehead atoms. The molecule has 0 amide bonds. The van der Waals surface area contributed by atoms with Crippen LogP contribution >= 0.6 is 0 Å². The van der Waals surface area contributed by atoms with Crippen LogP contribution in [0.1, 0.15) is 18.1 Å². The fourth-order valence-electron chi connectivity index (χ4n) is 1.54. The van der Waals surface area contributed by atoms with Crippen LogP contribution in [-0.4, -0.2) is 40.7 Å². The molecule has 18 heavy (non-hydrogen) atoms. The van der Waals surface area contributed by atoms with Gasteiger partial charge in [-0.15, -0.1) is 0 Å². The topological polar surface area (TPSA) is 82.1 Å². The van der Waals surface area contributed by atoms with Gasteiger partial charge in [-0.3, -0.25) is 4.90 Å². The van der Waals surface area contributed by atoms with Crippen LogP contribution in [0, 0.1) is 5.82 Å². The van der Waals surface area contributed by atoms with E-state index in [1.807, 2.05) is 18.9 Å². The van der Waals surface area contributed by atoms with Crippen molar-refractivity contribution in [2.75, 3.05) is 13.7 Å². The first-order valence-corrected chi connectivity index (χ1v) is 5.57. The second-order valence-electron chi connectivity index (χ2n) is 4.23. The van der Waals surface area contributed by atoms with Gasteiger partial charge in [0, 0.05) is 18.2 Å². The number of oxime groups is 1. The number of nitrogens with zero attached hydrogens (tertiary/aromatic N) is 2. The second-order valence-corrected chi connectivity index (χ2v) is 4.23. The summed E-state index contributed by atoms with van der Waals surface area (Å²) in [6, 6.07) is 4.10. The zero-order chi connectivity index (χ0) is 13.7. The molecule has 100 valence electrons. The summed E-state index contributed by atoms with van der Waals surface area (Å²) in [5, 5.41) is 20.6. The van der Waals surface area contributed by atoms with Gasteiger partial charge in [-0.1, -0.05) is 11.2 Å². The average molecular weight is 255 g/mol. The van der Waals surface area contributed by atoms with Crippen LogP contribution in [0.4, 0.5) is 4.39 Å². The Labute approximate surface area is 105 Å². The van der Waals surface area contributed by atoms with E-state index in [4.69, 9.17) is 16.0 Å². The molecule has 0 saturated heterocycles. The molecule has 1 atom stereocenters. The zero-order valence-electron chi connectivity index (χ0n) is 10.5. The van der Waals surface area contributed by atoms with Crippen molar-refractivity contribution in [3.8, 4) is 0 Å². The largest absolute Gasteiger partial charge is 0.409 e. The van der Waals surface area contributed by atoms with E-state index in [0.29, 0.717) is 12.1 Å². The van der Waals surface area contributed by atoms with E-state index in [1.54, 1.807) is 6.07 Å². The average Bonchev–Trinajstić information content (AvgIpc) is 2.38. The number of hydrogen-bond donors (Lipinski definition) is 3. The maximum Gasteiger partial charge on any atom is 0.170 e. The highest BCUT2D eigenvalue weighted by Gasteiger charge is 2.13. The summed E-state index contributed by atoms with van der Waals surface area (Å²) >= 11 is 0. The number of rotatable bonds is 5. The number of likely N-dealkylation sites (N-methyl/N-ethyl adjacent to an activating group) is 1. The lowest BCUT2D eigenvalue weighted by atomic mass is 10.1. The van der Waals surface area contributed by atoms with Crippen molar-refractivity contribution in [3.63, 3.8) is 0 Å². The van der Waals surface area contributed by atoms with Crippen LogP contribution < -0.4 is 5.73 Å². The third-order valence-electron chi connectivity index (χ3n) is 2.89. The molecule has 0 aliphatic carbocycles. The molecule has 0 fully saturated rings. The van der Waals surface area contributed by atoms with Gasteiger partial charge in [0.25, 0.3) is 0 Å². The molecule has 5 nitrogen and oxygen atoms in total. The minimum absolute atomic E-state index is 0.0244. The van der Waals surface area contributed by atoms with Gasteiger partial charge in [0.15, 0.2) is 5.84 Å². The minimum Gasteiger partial charge on any atom is -0.409 e. The Morgan fingerprint density at radius 3 is 2.78 bits per heavy atom. The highest BCUT2D eigenvalue weighted by Crippen LogP contribution is 2.14. The maximum atomic E-state index is 13.2. The van der Waals surface area contributed by atoms with Gasteiger partial charge >= 0.3 is 0 Å². The standard InChI is InChI=1S/C12H18FN3O2/c1-8(7-17)16(2)6-9-3-4-10(13)5-11(9)12(14)15-18/h3-5,8,17-18H,6-7H2,1-2H3,(H2,14,15). The van der Waals surface area contributed by atoms with Crippen molar-refractivity contribution in [1.82, 2.24) is 4.90 Å². The number of aliphatic hydroxyl groups excluding tert-OH is 1. The number of nitrogens with two attached hydrogens (primary N) is 1. The molecule has 0 aliphatic heterocycles. The molecule has 1 rings (SSSR count). The fraction of sp³-hybridized carbons (Fsp3) is 0.417. The zero-order valence-corrected chi connectivity index (χ0v) is 10.5. The van der Waals surface area contributed by atoms with Crippen molar-refractivity contribution in [2.45, 2.75) is 19.5 Å². The molecule has 0 heterocycles. The first kappa shape index (κ1) is 14.4. The monoisotopic (exact) mass is 255 g/mol.